The zero-order valence-corrected chi connectivity index (χ0v) is 17.8. The maximum Gasteiger partial charge on any atom is 0.269 e. The Hall–Kier alpha value is -3.32. The Morgan fingerprint density at radius 2 is 1.73 bits per heavy atom. The van der Waals surface area contributed by atoms with E-state index in [4.69, 9.17) is 0 Å². The lowest BCUT2D eigenvalue weighted by molar-refractivity contribution is -0.384. The molecule has 0 aliphatic heterocycles. The standard InChI is InChI=1S/C23H21N3O3S/c1-23(2,3)17-8-4-15(5-9-17)12-25-14-24-21-20(22(25)27)19(13-30-21)16-6-10-18(11-7-16)26(28)29/h4-11,13-14H,12H2,1-3H3. The van der Waals surface area contributed by atoms with Crippen molar-refractivity contribution in [1.82, 2.24) is 9.55 Å². The van der Waals surface area contributed by atoms with Gasteiger partial charge in [0.2, 0.25) is 0 Å². The van der Waals surface area contributed by atoms with Crippen molar-refractivity contribution in [3.63, 3.8) is 0 Å². The maximum absolute atomic E-state index is 13.2. The second-order valence-corrected chi connectivity index (χ2v) is 9.12. The lowest BCUT2D eigenvalue weighted by atomic mass is 9.87. The minimum absolute atomic E-state index is 0.0209. The third-order valence-corrected chi connectivity index (χ3v) is 6.01. The molecule has 2 aromatic heterocycles. The Morgan fingerprint density at radius 3 is 2.33 bits per heavy atom. The second kappa shape index (κ2) is 7.50. The molecule has 2 heterocycles. The molecule has 0 atom stereocenters. The molecule has 6 nitrogen and oxygen atoms in total. The van der Waals surface area contributed by atoms with Crippen molar-refractivity contribution >= 4 is 27.2 Å². The minimum Gasteiger partial charge on any atom is -0.294 e. The summed E-state index contributed by atoms with van der Waals surface area (Å²) in [6.07, 6.45) is 1.58. The number of thiophene rings is 1. The summed E-state index contributed by atoms with van der Waals surface area (Å²) in [4.78, 5) is 28.8. The van der Waals surface area contributed by atoms with E-state index < -0.39 is 4.92 Å². The lowest BCUT2D eigenvalue weighted by Gasteiger charge is -2.19. The van der Waals surface area contributed by atoms with Crippen LogP contribution in [0.1, 0.15) is 31.9 Å². The fourth-order valence-corrected chi connectivity index (χ4v) is 4.27. The molecular weight excluding hydrogens is 398 g/mol. The number of nitro groups is 1. The van der Waals surface area contributed by atoms with Crippen molar-refractivity contribution in [2.24, 2.45) is 0 Å². The van der Waals surface area contributed by atoms with Crippen molar-refractivity contribution in [1.29, 1.82) is 0 Å². The van der Waals surface area contributed by atoms with Crippen LogP contribution in [-0.4, -0.2) is 14.5 Å². The van der Waals surface area contributed by atoms with Gasteiger partial charge >= 0.3 is 0 Å². The van der Waals surface area contributed by atoms with Crippen LogP contribution in [0, 0.1) is 10.1 Å². The summed E-state index contributed by atoms with van der Waals surface area (Å²) >= 11 is 1.39. The Balaban J connectivity index is 1.71. The molecular formula is C23H21N3O3S. The van der Waals surface area contributed by atoms with Crippen LogP contribution in [0.15, 0.2) is 65.0 Å². The van der Waals surface area contributed by atoms with Crippen LogP contribution in [0.4, 0.5) is 5.69 Å². The molecule has 7 heteroatoms. The van der Waals surface area contributed by atoms with Crippen LogP contribution in [0.25, 0.3) is 21.3 Å². The molecule has 2 aromatic carbocycles. The van der Waals surface area contributed by atoms with E-state index in [1.807, 2.05) is 17.5 Å². The van der Waals surface area contributed by atoms with E-state index in [9.17, 15) is 14.9 Å². The first kappa shape index (κ1) is 20.0. The molecule has 152 valence electrons. The zero-order valence-electron chi connectivity index (χ0n) is 17.0. The lowest BCUT2D eigenvalue weighted by Crippen LogP contribution is -2.21. The summed E-state index contributed by atoms with van der Waals surface area (Å²) in [5, 5.41) is 13.3. The average molecular weight is 420 g/mol. The van der Waals surface area contributed by atoms with Gasteiger partial charge < -0.3 is 0 Å². The highest BCUT2D eigenvalue weighted by Gasteiger charge is 2.16. The molecule has 4 aromatic rings. The molecule has 0 unspecified atom stereocenters. The van der Waals surface area contributed by atoms with Gasteiger partial charge in [-0.15, -0.1) is 11.3 Å². The average Bonchev–Trinajstić information content (AvgIpc) is 3.15. The summed E-state index contributed by atoms with van der Waals surface area (Å²) in [6, 6.07) is 14.5. The Kier molecular flexibility index (Phi) is 4.99. The molecule has 0 aliphatic carbocycles. The molecule has 0 spiro atoms. The first-order valence-corrected chi connectivity index (χ1v) is 10.4. The molecule has 0 bridgehead atoms. The Bertz CT molecular complexity index is 1280. The zero-order chi connectivity index (χ0) is 21.5. The number of nitrogens with zero attached hydrogens (tertiary/aromatic N) is 3. The van der Waals surface area contributed by atoms with Crippen molar-refractivity contribution in [3.8, 4) is 11.1 Å². The molecule has 0 aliphatic rings. The third kappa shape index (κ3) is 3.76. The maximum atomic E-state index is 13.2. The fraction of sp³-hybridized carbons (Fsp3) is 0.217. The largest absolute Gasteiger partial charge is 0.294 e. The highest BCUT2D eigenvalue weighted by molar-refractivity contribution is 7.17. The van der Waals surface area contributed by atoms with E-state index >= 15 is 0 Å². The molecule has 30 heavy (non-hydrogen) atoms. The van der Waals surface area contributed by atoms with Gasteiger partial charge in [0.1, 0.15) is 4.83 Å². The van der Waals surface area contributed by atoms with Gasteiger partial charge in [-0.2, -0.15) is 0 Å². The predicted octanol–water partition coefficient (Wildman–Crippen LogP) is 5.38. The van der Waals surface area contributed by atoms with Crippen molar-refractivity contribution in [2.45, 2.75) is 32.7 Å². The van der Waals surface area contributed by atoms with Gasteiger partial charge in [-0.1, -0.05) is 45.0 Å². The predicted molar refractivity (Wildman–Crippen MR) is 120 cm³/mol. The Morgan fingerprint density at radius 1 is 1.07 bits per heavy atom. The van der Waals surface area contributed by atoms with Crippen LogP contribution in [-0.2, 0) is 12.0 Å². The fourth-order valence-electron chi connectivity index (χ4n) is 3.36. The SMILES string of the molecule is CC(C)(C)c1ccc(Cn2cnc3scc(-c4ccc([N+](=O)[O-])cc4)c3c2=O)cc1. The smallest absolute Gasteiger partial charge is 0.269 e. The highest BCUT2D eigenvalue weighted by Crippen LogP contribution is 2.31. The van der Waals surface area contributed by atoms with E-state index in [0.717, 1.165) is 16.7 Å². The van der Waals surface area contributed by atoms with Crippen molar-refractivity contribution in [3.05, 3.63) is 91.8 Å². The summed E-state index contributed by atoms with van der Waals surface area (Å²) in [5.74, 6) is 0. The molecule has 4 rings (SSSR count). The molecule has 0 saturated heterocycles. The van der Waals surface area contributed by atoms with Gasteiger partial charge in [0.15, 0.2) is 0 Å². The van der Waals surface area contributed by atoms with Gasteiger partial charge in [0.05, 0.1) is 23.2 Å². The van der Waals surface area contributed by atoms with Crippen LogP contribution in [0.3, 0.4) is 0 Å². The molecule has 0 saturated carbocycles. The van der Waals surface area contributed by atoms with E-state index in [0.29, 0.717) is 16.8 Å². The first-order valence-electron chi connectivity index (χ1n) is 9.55. The highest BCUT2D eigenvalue weighted by atomic mass is 32.1. The van der Waals surface area contributed by atoms with Crippen LogP contribution in [0.5, 0.6) is 0 Å². The number of non-ortho nitro benzene ring substituents is 1. The number of hydrogen-bond donors (Lipinski definition) is 0. The topological polar surface area (TPSA) is 78.0 Å². The number of nitro benzene ring substituents is 1. The Labute approximate surface area is 177 Å². The number of rotatable bonds is 4. The van der Waals surface area contributed by atoms with Crippen LogP contribution in [0.2, 0.25) is 0 Å². The van der Waals surface area contributed by atoms with E-state index in [-0.39, 0.29) is 16.7 Å². The van der Waals surface area contributed by atoms with Crippen molar-refractivity contribution < 1.29 is 4.92 Å². The molecule has 0 N–H and O–H groups in total. The number of hydrogen-bond acceptors (Lipinski definition) is 5. The van der Waals surface area contributed by atoms with Gasteiger partial charge in [0.25, 0.3) is 11.2 Å². The first-order chi connectivity index (χ1) is 14.2. The van der Waals surface area contributed by atoms with Crippen LogP contribution >= 0.6 is 11.3 Å². The number of fused-ring (bicyclic) bond motifs is 1. The number of aromatic nitrogens is 2. The van der Waals surface area contributed by atoms with Gasteiger partial charge in [-0.25, -0.2) is 4.98 Å². The van der Waals surface area contributed by atoms with E-state index in [1.54, 1.807) is 23.0 Å². The van der Waals surface area contributed by atoms with Gasteiger partial charge in [0, 0.05) is 23.1 Å². The third-order valence-electron chi connectivity index (χ3n) is 5.12. The summed E-state index contributed by atoms with van der Waals surface area (Å²) in [5.41, 5.74) is 3.76. The van der Waals surface area contributed by atoms with Gasteiger partial charge in [-0.05, 0) is 34.2 Å². The molecule has 0 fully saturated rings. The summed E-state index contributed by atoms with van der Waals surface area (Å²) in [6.45, 7) is 6.93. The summed E-state index contributed by atoms with van der Waals surface area (Å²) in [7, 11) is 0. The van der Waals surface area contributed by atoms with E-state index in [1.165, 1.54) is 29.0 Å². The normalized spacial score (nSPS) is 11.7. The molecule has 0 radical (unpaired) electrons. The summed E-state index contributed by atoms with van der Waals surface area (Å²) < 4.78 is 1.61. The quantitative estimate of drug-likeness (QED) is 0.329. The molecule has 0 amide bonds. The van der Waals surface area contributed by atoms with Crippen LogP contribution < -0.4 is 5.56 Å². The van der Waals surface area contributed by atoms with Crippen molar-refractivity contribution in [2.75, 3.05) is 0 Å². The van der Waals surface area contributed by atoms with Gasteiger partial charge in [-0.3, -0.25) is 19.5 Å². The number of benzene rings is 2. The second-order valence-electron chi connectivity index (χ2n) is 8.26. The monoisotopic (exact) mass is 419 g/mol. The minimum atomic E-state index is -0.436. The van der Waals surface area contributed by atoms with E-state index in [2.05, 4.69) is 37.9 Å².